The third-order valence-corrected chi connectivity index (χ3v) is 6.78. The maximum atomic E-state index is 9.99. The fourth-order valence-electron chi connectivity index (χ4n) is 3.76. The summed E-state index contributed by atoms with van der Waals surface area (Å²) < 4.78 is 5.40. The summed E-state index contributed by atoms with van der Waals surface area (Å²) in [5.41, 5.74) is 11.8. The lowest BCUT2D eigenvalue weighted by atomic mass is 10.1. The number of nitrogens with two attached hydrogens (primary N) is 2. The molecule has 194 valence electrons. The van der Waals surface area contributed by atoms with Gasteiger partial charge >= 0.3 is 5.97 Å². The van der Waals surface area contributed by atoms with Crippen molar-refractivity contribution in [2.24, 2.45) is 16.5 Å². The van der Waals surface area contributed by atoms with E-state index in [9.17, 15) is 9.59 Å². The molecule has 0 radical (unpaired) electrons. The summed E-state index contributed by atoms with van der Waals surface area (Å²) in [5.74, 6) is -0.835. The highest BCUT2D eigenvalue weighted by Crippen LogP contribution is 2.40. The van der Waals surface area contributed by atoms with Crippen LogP contribution in [0.5, 0.6) is 0 Å². The Morgan fingerprint density at radius 2 is 1.69 bits per heavy atom. The number of fused-ring (bicyclic) bond motifs is 2. The summed E-state index contributed by atoms with van der Waals surface area (Å²) in [6, 6.07) is 15.8. The number of primary amides is 1. The zero-order chi connectivity index (χ0) is 25.9. The van der Waals surface area contributed by atoms with E-state index in [0.29, 0.717) is 13.2 Å². The van der Waals surface area contributed by atoms with Gasteiger partial charge in [-0.3, -0.25) is 14.5 Å². The number of ether oxygens (including phenoxy) is 1. The molecule has 2 aliphatic heterocycles. The van der Waals surface area contributed by atoms with Crippen LogP contribution in [0.25, 0.3) is 0 Å². The number of aliphatic carboxylic acids is 1. The molecule has 11 heteroatoms. The third-order valence-electron chi connectivity index (χ3n) is 5.64. The summed E-state index contributed by atoms with van der Waals surface area (Å²) in [6.07, 6.45) is -0.310. The van der Waals surface area contributed by atoms with Crippen LogP contribution >= 0.6 is 11.8 Å². The first-order chi connectivity index (χ1) is 17.4. The van der Waals surface area contributed by atoms with Crippen LogP contribution in [-0.4, -0.2) is 96.3 Å². The number of rotatable bonds is 8. The van der Waals surface area contributed by atoms with Crippen molar-refractivity contribution in [3.8, 4) is 0 Å². The highest BCUT2D eigenvalue weighted by atomic mass is 32.2. The second-order valence-corrected chi connectivity index (χ2v) is 9.36. The Balaban J connectivity index is 0.000000345. The molecule has 0 unspecified atom stereocenters. The van der Waals surface area contributed by atoms with Crippen LogP contribution in [0, 0.1) is 0 Å². The third kappa shape index (κ3) is 8.04. The normalized spacial score (nSPS) is 15.9. The first-order valence-corrected chi connectivity index (χ1v) is 12.6. The minimum absolute atomic E-state index is 0.0898. The number of carbonyl (C=O) groups excluding carboxylic acids is 1. The van der Waals surface area contributed by atoms with Gasteiger partial charge in [-0.05, 0) is 18.2 Å². The second kappa shape index (κ2) is 14.0. The number of hydrogen-bond donors (Lipinski definition) is 4. The summed E-state index contributed by atoms with van der Waals surface area (Å²) >= 11 is 1.80. The number of carbonyl (C=O) groups is 2. The van der Waals surface area contributed by atoms with E-state index in [1.165, 1.54) is 15.4 Å². The number of para-hydroxylation sites is 1. The van der Waals surface area contributed by atoms with Crippen LogP contribution < -0.4 is 11.5 Å². The van der Waals surface area contributed by atoms with Crippen molar-refractivity contribution in [2.75, 3.05) is 52.5 Å². The zero-order valence-electron chi connectivity index (χ0n) is 20.1. The van der Waals surface area contributed by atoms with Crippen LogP contribution in [0.2, 0.25) is 0 Å². The molecule has 0 saturated carbocycles. The molecular formula is C25H33N5O5S. The van der Waals surface area contributed by atoms with Gasteiger partial charge in [0.05, 0.1) is 31.9 Å². The monoisotopic (exact) mass is 515 g/mol. The maximum absolute atomic E-state index is 9.99. The maximum Gasteiger partial charge on any atom is 0.321 e. The van der Waals surface area contributed by atoms with Crippen molar-refractivity contribution < 1.29 is 24.5 Å². The number of nitrogens with zero attached hydrogens (tertiary/aromatic N) is 3. The largest absolute Gasteiger partial charge is 0.480 e. The number of benzene rings is 2. The Morgan fingerprint density at radius 3 is 2.33 bits per heavy atom. The lowest BCUT2D eigenvalue weighted by Gasteiger charge is -2.36. The molecule has 6 N–H and O–H groups in total. The SMILES string of the molecule is NC(=O)C[C@H](N)C(=O)O.OCCOCCN1CCN(C2=Nc3ccccc3Sc3ccccc32)CC1. The molecule has 1 amide bonds. The van der Waals surface area contributed by atoms with Crippen LogP contribution in [0.3, 0.4) is 0 Å². The standard InChI is InChI=1S/C21H25N3O2S.C4H8N2O3/c25-14-16-26-15-13-23-9-11-24(12-10-23)21-17-5-1-3-7-19(17)27-20-8-4-2-6-18(20)22-21;5-2(4(8)9)1-3(6)7/h1-8,25H,9-16H2;2H,1,5H2,(H2,6,7)(H,8,9)/t;2-/m.0/s1. The molecule has 0 aliphatic carbocycles. The van der Waals surface area contributed by atoms with Crippen molar-refractivity contribution in [3.63, 3.8) is 0 Å². The number of aliphatic hydroxyl groups excluding tert-OH is 1. The first-order valence-electron chi connectivity index (χ1n) is 11.8. The van der Waals surface area contributed by atoms with Crippen molar-refractivity contribution in [1.29, 1.82) is 0 Å². The van der Waals surface area contributed by atoms with Crippen molar-refractivity contribution in [3.05, 3.63) is 54.1 Å². The summed E-state index contributed by atoms with van der Waals surface area (Å²) in [5, 5.41) is 16.9. The molecule has 1 saturated heterocycles. The molecule has 1 fully saturated rings. The van der Waals surface area contributed by atoms with E-state index in [0.717, 1.165) is 44.2 Å². The molecule has 0 spiro atoms. The molecule has 2 heterocycles. The van der Waals surface area contributed by atoms with Gasteiger partial charge in [0.25, 0.3) is 0 Å². The summed E-state index contributed by atoms with van der Waals surface area (Å²) in [6.45, 7) is 6.01. The highest BCUT2D eigenvalue weighted by Gasteiger charge is 2.25. The van der Waals surface area contributed by atoms with Gasteiger partial charge in [-0.15, -0.1) is 0 Å². The molecule has 4 rings (SSSR count). The van der Waals surface area contributed by atoms with Gasteiger partial charge in [0.2, 0.25) is 5.91 Å². The lowest BCUT2D eigenvalue weighted by molar-refractivity contribution is -0.140. The lowest BCUT2D eigenvalue weighted by Crippen LogP contribution is -2.49. The van der Waals surface area contributed by atoms with Crippen LogP contribution in [0.15, 0.2) is 63.3 Å². The average Bonchev–Trinajstić information content (AvgIpc) is 3.04. The van der Waals surface area contributed by atoms with Gasteiger partial charge in [-0.1, -0.05) is 42.1 Å². The molecule has 0 aromatic heterocycles. The Labute approximate surface area is 214 Å². The van der Waals surface area contributed by atoms with Crippen molar-refractivity contribution in [2.45, 2.75) is 22.3 Å². The number of piperazine rings is 1. The highest BCUT2D eigenvalue weighted by molar-refractivity contribution is 7.99. The number of aliphatic imine (C=N–C) groups is 1. The predicted octanol–water partition coefficient (Wildman–Crippen LogP) is 1.13. The number of carboxylic acid groups (broad SMARTS) is 1. The van der Waals surface area contributed by atoms with Gasteiger partial charge in [-0.25, -0.2) is 4.99 Å². The van der Waals surface area contributed by atoms with E-state index in [4.69, 9.17) is 25.7 Å². The molecule has 2 aromatic carbocycles. The molecule has 0 bridgehead atoms. The van der Waals surface area contributed by atoms with E-state index in [1.54, 1.807) is 11.8 Å². The minimum Gasteiger partial charge on any atom is -0.480 e. The molecule has 2 aromatic rings. The van der Waals surface area contributed by atoms with Gasteiger partial charge in [0.15, 0.2) is 0 Å². The summed E-state index contributed by atoms with van der Waals surface area (Å²) in [7, 11) is 0. The topological polar surface area (TPSA) is 155 Å². The fourth-order valence-corrected chi connectivity index (χ4v) is 4.78. The Bertz CT molecular complexity index is 1060. The van der Waals surface area contributed by atoms with Crippen molar-refractivity contribution in [1.82, 2.24) is 9.80 Å². The zero-order valence-corrected chi connectivity index (χ0v) is 20.9. The number of aliphatic hydroxyl groups is 1. The van der Waals surface area contributed by atoms with E-state index < -0.39 is 17.9 Å². The smallest absolute Gasteiger partial charge is 0.321 e. The number of amidine groups is 1. The Morgan fingerprint density at radius 1 is 1.03 bits per heavy atom. The second-order valence-electron chi connectivity index (χ2n) is 8.28. The van der Waals surface area contributed by atoms with Crippen molar-refractivity contribution >= 4 is 35.2 Å². The number of hydrogen-bond acceptors (Lipinski definition) is 9. The van der Waals surface area contributed by atoms with E-state index in [-0.39, 0.29) is 13.0 Å². The summed E-state index contributed by atoms with van der Waals surface area (Å²) in [4.78, 5) is 32.3. The number of amides is 1. The molecule has 10 nitrogen and oxygen atoms in total. The Kier molecular flexibility index (Phi) is 10.7. The van der Waals surface area contributed by atoms with Gasteiger partial charge in [-0.2, -0.15) is 0 Å². The van der Waals surface area contributed by atoms with E-state index in [2.05, 4.69) is 64.1 Å². The van der Waals surface area contributed by atoms with Crippen LogP contribution in [0.1, 0.15) is 12.0 Å². The van der Waals surface area contributed by atoms with Gasteiger partial charge in [0, 0.05) is 48.1 Å². The Hall–Kier alpha value is -2.96. The molecular weight excluding hydrogens is 482 g/mol. The first kappa shape index (κ1) is 27.6. The van der Waals surface area contributed by atoms with E-state index >= 15 is 0 Å². The van der Waals surface area contributed by atoms with Gasteiger partial charge < -0.3 is 31.3 Å². The van der Waals surface area contributed by atoms with Gasteiger partial charge in [0.1, 0.15) is 11.9 Å². The predicted molar refractivity (Wildman–Crippen MR) is 139 cm³/mol. The fraction of sp³-hybridized carbons (Fsp3) is 0.400. The molecule has 36 heavy (non-hydrogen) atoms. The minimum atomic E-state index is -1.21. The van der Waals surface area contributed by atoms with E-state index in [1.807, 2.05) is 0 Å². The number of carboxylic acids is 1. The van der Waals surface area contributed by atoms with Crippen LogP contribution in [0.4, 0.5) is 5.69 Å². The quantitative estimate of drug-likeness (QED) is 0.379. The molecule has 2 aliphatic rings. The average molecular weight is 516 g/mol. The molecule has 1 atom stereocenters. The van der Waals surface area contributed by atoms with Crippen LogP contribution in [-0.2, 0) is 14.3 Å².